The standard InChI is InChI=1S/C12H17F3N2O/c1-9(8-18)4-3-7-16-11-6-2-5-10(17-11)12(13,14)15/h2,5-6,9,18H,3-4,7-8H2,1H3,(H,16,17). The molecule has 1 rings (SSSR count). The van der Waals surface area contributed by atoms with Crippen molar-refractivity contribution < 1.29 is 18.3 Å². The van der Waals surface area contributed by atoms with E-state index in [4.69, 9.17) is 5.11 Å². The smallest absolute Gasteiger partial charge is 0.396 e. The Labute approximate surface area is 104 Å². The zero-order chi connectivity index (χ0) is 13.6. The van der Waals surface area contributed by atoms with Crippen molar-refractivity contribution >= 4 is 5.82 Å². The molecule has 0 spiro atoms. The molecule has 102 valence electrons. The van der Waals surface area contributed by atoms with Gasteiger partial charge in [0.2, 0.25) is 0 Å². The Morgan fingerprint density at radius 3 is 2.72 bits per heavy atom. The van der Waals surface area contributed by atoms with E-state index in [9.17, 15) is 13.2 Å². The maximum Gasteiger partial charge on any atom is 0.433 e. The van der Waals surface area contributed by atoms with Crippen LogP contribution in [0.1, 0.15) is 25.5 Å². The third kappa shape index (κ3) is 4.91. The molecule has 0 bridgehead atoms. The van der Waals surface area contributed by atoms with Crippen molar-refractivity contribution in [1.82, 2.24) is 4.98 Å². The zero-order valence-electron chi connectivity index (χ0n) is 10.2. The molecule has 0 saturated carbocycles. The number of anilines is 1. The van der Waals surface area contributed by atoms with Gasteiger partial charge < -0.3 is 10.4 Å². The van der Waals surface area contributed by atoms with Crippen LogP contribution >= 0.6 is 0 Å². The second-order valence-electron chi connectivity index (χ2n) is 4.26. The lowest BCUT2D eigenvalue weighted by molar-refractivity contribution is -0.141. The summed E-state index contributed by atoms with van der Waals surface area (Å²) in [5, 5.41) is 11.7. The molecular formula is C12H17F3N2O. The van der Waals surface area contributed by atoms with Crippen LogP contribution in [0.4, 0.5) is 19.0 Å². The highest BCUT2D eigenvalue weighted by Gasteiger charge is 2.32. The van der Waals surface area contributed by atoms with Crippen LogP contribution in [0, 0.1) is 5.92 Å². The summed E-state index contributed by atoms with van der Waals surface area (Å²) in [6.07, 6.45) is -2.81. The van der Waals surface area contributed by atoms with Gasteiger partial charge in [0.05, 0.1) is 0 Å². The molecule has 0 aromatic carbocycles. The van der Waals surface area contributed by atoms with Gasteiger partial charge in [0.25, 0.3) is 0 Å². The van der Waals surface area contributed by atoms with Crippen molar-refractivity contribution in [2.75, 3.05) is 18.5 Å². The largest absolute Gasteiger partial charge is 0.433 e. The van der Waals surface area contributed by atoms with Crippen molar-refractivity contribution in [2.24, 2.45) is 5.92 Å². The Morgan fingerprint density at radius 2 is 2.11 bits per heavy atom. The van der Waals surface area contributed by atoms with Crippen LogP contribution in [0.2, 0.25) is 0 Å². The maximum absolute atomic E-state index is 12.4. The Morgan fingerprint density at radius 1 is 1.39 bits per heavy atom. The molecule has 1 aromatic heterocycles. The van der Waals surface area contributed by atoms with Gasteiger partial charge in [-0.3, -0.25) is 0 Å². The highest BCUT2D eigenvalue weighted by molar-refractivity contribution is 5.35. The van der Waals surface area contributed by atoms with E-state index < -0.39 is 11.9 Å². The van der Waals surface area contributed by atoms with E-state index in [-0.39, 0.29) is 18.3 Å². The van der Waals surface area contributed by atoms with Crippen LogP contribution in [0.3, 0.4) is 0 Å². The zero-order valence-corrected chi connectivity index (χ0v) is 10.2. The highest BCUT2D eigenvalue weighted by Crippen LogP contribution is 2.28. The molecule has 2 N–H and O–H groups in total. The minimum absolute atomic E-state index is 0.127. The molecule has 18 heavy (non-hydrogen) atoms. The average molecular weight is 262 g/mol. The number of aromatic nitrogens is 1. The average Bonchev–Trinajstić information content (AvgIpc) is 2.33. The number of aliphatic hydroxyl groups is 1. The summed E-state index contributed by atoms with van der Waals surface area (Å²) in [5.41, 5.74) is -0.892. The Bertz CT molecular complexity index is 369. The summed E-state index contributed by atoms with van der Waals surface area (Å²) in [5.74, 6) is 0.433. The van der Waals surface area contributed by atoms with Gasteiger partial charge in [-0.1, -0.05) is 13.0 Å². The third-order valence-corrected chi connectivity index (χ3v) is 2.53. The van der Waals surface area contributed by atoms with Gasteiger partial charge in [0.1, 0.15) is 11.5 Å². The lowest BCUT2D eigenvalue weighted by Crippen LogP contribution is -2.11. The third-order valence-electron chi connectivity index (χ3n) is 2.53. The van der Waals surface area contributed by atoms with E-state index in [0.29, 0.717) is 6.54 Å². The lowest BCUT2D eigenvalue weighted by atomic mass is 10.1. The number of hydrogen-bond acceptors (Lipinski definition) is 3. The summed E-state index contributed by atoms with van der Waals surface area (Å²) < 4.78 is 37.2. The van der Waals surface area contributed by atoms with Crippen molar-refractivity contribution in [3.05, 3.63) is 23.9 Å². The normalized spacial score (nSPS) is 13.4. The molecule has 1 unspecified atom stereocenters. The number of halogens is 3. The fraction of sp³-hybridized carbons (Fsp3) is 0.583. The topological polar surface area (TPSA) is 45.1 Å². The maximum atomic E-state index is 12.4. The Kier molecular flexibility index (Phi) is 5.40. The Hall–Kier alpha value is -1.30. The molecule has 0 radical (unpaired) electrons. The summed E-state index contributed by atoms with van der Waals surface area (Å²) in [4.78, 5) is 3.50. The van der Waals surface area contributed by atoms with Crippen LogP contribution in [-0.4, -0.2) is 23.2 Å². The molecule has 0 fully saturated rings. The van der Waals surface area contributed by atoms with Gasteiger partial charge >= 0.3 is 6.18 Å². The number of nitrogens with one attached hydrogen (secondary N) is 1. The lowest BCUT2D eigenvalue weighted by Gasteiger charge is -2.10. The fourth-order valence-electron chi connectivity index (χ4n) is 1.45. The van der Waals surface area contributed by atoms with Crippen molar-refractivity contribution in [1.29, 1.82) is 0 Å². The van der Waals surface area contributed by atoms with Crippen molar-refractivity contribution in [3.63, 3.8) is 0 Å². The second kappa shape index (κ2) is 6.58. The van der Waals surface area contributed by atoms with E-state index in [0.717, 1.165) is 18.9 Å². The van der Waals surface area contributed by atoms with E-state index in [2.05, 4.69) is 10.3 Å². The number of aliphatic hydroxyl groups excluding tert-OH is 1. The van der Waals surface area contributed by atoms with Gasteiger partial charge in [-0.2, -0.15) is 13.2 Å². The molecule has 0 aliphatic heterocycles. The van der Waals surface area contributed by atoms with Crippen LogP contribution < -0.4 is 5.32 Å². The number of alkyl halides is 3. The molecule has 1 heterocycles. The molecule has 6 heteroatoms. The van der Waals surface area contributed by atoms with Crippen LogP contribution in [0.25, 0.3) is 0 Å². The van der Waals surface area contributed by atoms with Gasteiger partial charge in [0.15, 0.2) is 0 Å². The summed E-state index contributed by atoms with van der Waals surface area (Å²) >= 11 is 0. The quantitative estimate of drug-likeness (QED) is 0.775. The van der Waals surface area contributed by atoms with Gasteiger partial charge in [-0.15, -0.1) is 0 Å². The Balaban J connectivity index is 2.43. The van der Waals surface area contributed by atoms with Gasteiger partial charge in [-0.25, -0.2) is 4.98 Å². The summed E-state index contributed by atoms with van der Waals surface area (Å²) in [6.45, 7) is 2.59. The highest BCUT2D eigenvalue weighted by atomic mass is 19.4. The van der Waals surface area contributed by atoms with Gasteiger partial charge in [-0.05, 0) is 30.9 Å². The van der Waals surface area contributed by atoms with E-state index >= 15 is 0 Å². The first-order valence-electron chi connectivity index (χ1n) is 5.82. The van der Waals surface area contributed by atoms with E-state index in [1.165, 1.54) is 12.1 Å². The SMILES string of the molecule is CC(CO)CCCNc1cccc(C(F)(F)F)n1. The predicted octanol–water partition coefficient (Wildman–Crippen LogP) is 2.92. The number of rotatable bonds is 6. The molecule has 3 nitrogen and oxygen atoms in total. The van der Waals surface area contributed by atoms with Crippen LogP contribution in [-0.2, 0) is 6.18 Å². The number of pyridine rings is 1. The molecule has 1 atom stereocenters. The molecule has 0 amide bonds. The van der Waals surface area contributed by atoms with Gasteiger partial charge in [0, 0.05) is 13.2 Å². The van der Waals surface area contributed by atoms with E-state index in [1.54, 1.807) is 0 Å². The monoisotopic (exact) mass is 262 g/mol. The number of nitrogens with zero attached hydrogens (tertiary/aromatic N) is 1. The summed E-state index contributed by atoms with van der Waals surface area (Å²) in [6, 6.07) is 3.78. The minimum Gasteiger partial charge on any atom is -0.396 e. The van der Waals surface area contributed by atoms with Crippen LogP contribution in [0.5, 0.6) is 0 Å². The molecule has 1 aromatic rings. The van der Waals surface area contributed by atoms with Crippen molar-refractivity contribution in [2.45, 2.75) is 25.9 Å². The first-order valence-corrected chi connectivity index (χ1v) is 5.82. The first-order chi connectivity index (χ1) is 8.43. The molecule has 0 aliphatic rings. The van der Waals surface area contributed by atoms with Crippen molar-refractivity contribution in [3.8, 4) is 0 Å². The minimum atomic E-state index is -4.41. The fourth-order valence-corrected chi connectivity index (χ4v) is 1.45. The predicted molar refractivity (Wildman–Crippen MR) is 63.2 cm³/mol. The summed E-state index contributed by atoms with van der Waals surface area (Å²) in [7, 11) is 0. The second-order valence-corrected chi connectivity index (χ2v) is 4.26. The molecule has 0 aliphatic carbocycles. The first kappa shape index (κ1) is 14.8. The van der Waals surface area contributed by atoms with E-state index in [1.807, 2.05) is 6.92 Å². The molecule has 0 saturated heterocycles. The number of hydrogen-bond donors (Lipinski definition) is 2. The molecular weight excluding hydrogens is 245 g/mol. The van der Waals surface area contributed by atoms with Crippen LogP contribution in [0.15, 0.2) is 18.2 Å².